The van der Waals surface area contributed by atoms with Crippen molar-refractivity contribution < 1.29 is 21.6 Å². The molecule has 0 radical (unpaired) electrons. The van der Waals surface area contributed by atoms with Gasteiger partial charge in [-0.2, -0.15) is 18.4 Å². The molecule has 1 aliphatic rings. The number of tetrazole rings is 1. The molecule has 14 heteroatoms. The number of nitrogens with one attached hydrogen (secondary N) is 2. The molecule has 0 aliphatic carbocycles. The maximum atomic E-state index is 13.5. The van der Waals surface area contributed by atoms with E-state index in [2.05, 4.69) is 25.9 Å². The first kappa shape index (κ1) is 21.4. The van der Waals surface area contributed by atoms with Gasteiger partial charge in [0, 0.05) is 37.9 Å². The van der Waals surface area contributed by atoms with Gasteiger partial charge in [0.1, 0.15) is 4.90 Å². The molecule has 160 valence electrons. The van der Waals surface area contributed by atoms with E-state index in [0.717, 1.165) is 6.07 Å². The van der Waals surface area contributed by atoms with E-state index in [1.54, 1.807) is 4.90 Å². The van der Waals surface area contributed by atoms with Crippen LogP contribution in [0.4, 0.5) is 18.9 Å². The van der Waals surface area contributed by atoms with Crippen LogP contribution in [0.15, 0.2) is 17.0 Å². The number of primary sulfonamides is 1. The van der Waals surface area contributed by atoms with Gasteiger partial charge in [-0.05, 0) is 30.2 Å². The second-order valence-corrected chi connectivity index (χ2v) is 8.12. The molecule has 1 aliphatic heterocycles. The number of H-pyrrole nitrogens is 1. The summed E-state index contributed by atoms with van der Waals surface area (Å²) in [6.45, 7) is 2.14. The van der Waals surface area contributed by atoms with Crippen molar-refractivity contribution in [3.63, 3.8) is 0 Å². The molecule has 1 fully saturated rings. The number of piperidine rings is 1. The molecule has 1 aromatic heterocycles. The quantitative estimate of drug-likeness (QED) is 0.497. The Kier molecular flexibility index (Phi) is 6.07. The van der Waals surface area contributed by atoms with Crippen LogP contribution in [0.2, 0.25) is 0 Å². The summed E-state index contributed by atoms with van der Waals surface area (Å²) in [6, 6.07) is 2.16. The van der Waals surface area contributed by atoms with Gasteiger partial charge in [-0.1, -0.05) is 0 Å². The number of hydrogen-bond acceptors (Lipinski definition) is 8. The monoisotopic (exact) mass is 434 g/mol. The summed E-state index contributed by atoms with van der Waals surface area (Å²) in [5.41, 5.74) is 4.05. The van der Waals surface area contributed by atoms with Gasteiger partial charge < -0.3 is 16.0 Å². The molecule has 0 unspecified atom stereocenters. The van der Waals surface area contributed by atoms with Gasteiger partial charge in [0.15, 0.2) is 0 Å². The van der Waals surface area contributed by atoms with Crippen LogP contribution in [0.1, 0.15) is 18.4 Å². The van der Waals surface area contributed by atoms with Crippen molar-refractivity contribution in [3.8, 4) is 11.4 Å². The number of sulfonamides is 1. The topological polar surface area (TPSA) is 156 Å². The Bertz CT molecular complexity index is 941. The fourth-order valence-electron chi connectivity index (χ4n) is 3.45. The smallest absolute Gasteiger partial charge is 0.371 e. The minimum atomic E-state index is -4.93. The van der Waals surface area contributed by atoms with Crippen molar-refractivity contribution in [1.82, 2.24) is 25.9 Å². The van der Waals surface area contributed by atoms with Gasteiger partial charge in [-0.3, -0.25) is 0 Å². The Labute approximate surface area is 164 Å². The zero-order valence-electron chi connectivity index (χ0n) is 15.3. The zero-order chi connectivity index (χ0) is 21.2. The first-order valence-corrected chi connectivity index (χ1v) is 10.4. The fourth-order valence-corrected chi connectivity index (χ4v) is 4.42. The van der Waals surface area contributed by atoms with Gasteiger partial charge in [-0.15, -0.1) is 10.2 Å². The average Bonchev–Trinajstić information content (AvgIpc) is 3.18. The Morgan fingerprint density at radius 2 is 1.97 bits per heavy atom. The lowest BCUT2D eigenvalue weighted by Crippen LogP contribution is -2.44. The lowest BCUT2D eigenvalue weighted by atomic mass is 10.0. The number of aromatic nitrogens is 4. The number of nitrogens with two attached hydrogens (primary N) is 2. The highest BCUT2D eigenvalue weighted by Gasteiger charge is 2.40. The van der Waals surface area contributed by atoms with E-state index < -0.39 is 26.7 Å². The molecule has 1 aromatic carbocycles. The highest BCUT2D eigenvalue weighted by atomic mass is 32.2. The molecule has 0 spiro atoms. The first-order chi connectivity index (χ1) is 13.6. The van der Waals surface area contributed by atoms with Crippen molar-refractivity contribution in [1.29, 1.82) is 0 Å². The maximum absolute atomic E-state index is 13.5. The highest BCUT2D eigenvalue weighted by Crippen LogP contribution is 2.43. The molecular weight excluding hydrogens is 413 g/mol. The summed E-state index contributed by atoms with van der Waals surface area (Å²) >= 11 is 0. The van der Waals surface area contributed by atoms with Crippen LogP contribution < -0.4 is 21.1 Å². The van der Waals surface area contributed by atoms with E-state index in [-0.39, 0.29) is 23.1 Å². The fraction of sp³-hybridized carbons (Fsp3) is 0.533. The van der Waals surface area contributed by atoms with Crippen LogP contribution in [0.25, 0.3) is 11.4 Å². The number of halogens is 3. The van der Waals surface area contributed by atoms with Crippen molar-refractivity contribution in [2.75, 3.05) is 31.1 Å². The summed E-state index contributed by atoms with van der Waals surface area (Å²) in [5.74, 6) is -0.279. The summed E-state index contributed by atoms with van der Waals surface area (Å²) < 4.78 is 64.9. The van der Waals surface area contributed by atoms with Crippen LogP contribution in [0.3, 0.4) is 0 Å². The summed E-state index contributed by atoms with van der Waals surface area (Å²) in [7, 11) is -4.75. The SMILES string of the molecule is NCCNC1CCN(c2ccc(C(F)(F)F)c(S(N)(=O)=O)c2-c2nn[nH]n2)CC1. The summed E-state index contributed by atoms with van der Waals surface area (Å²) in [4.78, 5) is 0.730. The lowest BCUT2D eigenvalue weighted by molar-refractivity contribution is -0.139. The molecule has 2 aromatic rings. The van der Waals surface area contributed by atoms with E-state index >= 15 is 0 Å². The summed E-state index contributed by atoms with van der Waals surface area (Å²) in [5, 5.41) is 21.4. The van der Waals surface area contributed by atoms with Gasteiger partial charge in [0.05, 0.1) is 11.1 Å². The number of hydrogen-bond donors (Lipinski definition) is 4. The van der Waals surface area contributed by atoms with Crippen molar-refractivity contribution >= 4 is 15.7 Å². The second-order valence-electron chi connectivity index (χ2n) is 6.62. The highest BCUT2D eigenvalue weighted by molar-refractivity contribution is 7.89. The lowest BCUT2D eigenvalue weighted by Gasteiger charge is -2.35. The van der Waals surface area contributed by atoms with Crippen molar-refractivity contribution in [2.24, 2.45) is 10.9 Å². The minimum Gasteiger partial charge on any atom is -0.371 e. The average molecular weight is 434 g/mol. The predicted octanol–water partition coefficient (Wildman–Crippen LogP) is 0.0500. The van der Waals surface area contributed by atoms with Crippen LogP contribution in [0, 0.1) is 0 Å². The molecule has 2 heterocycles. The molecule has 0 amide bonds. The normalized spacial score (nSPS) is 16.4. The van der Waals surface area contributed by atoms with Crippen LogP contribution in [-0.2, 0) is 16.2 Å². The maximum Gasteiger partial charge on any atom is 0.417 e. The van der Waals surface area contributed by atoms with Crippen molar-refractivity contribution in [3.05, 3.63) is 17.7 Å². The Balaban J connectivity index is 2.09. The molecule has 10 nitrogen and oxygen atoms in total. The number of benzene rings is 1. The third-order valence-corrected chi connectivity index (χ3v) is 5.70. The molecule has 29 heavy (non-hydrogen) atoms. The zero-order valence-corrected chi connectivity index (χ0v) is 16.1. The first-order valence-electron chi connectivity index (χ1n) is 8.82. The van der Waals surface area contributed by atoms with E-state index in [9.17, 15) is 21.6 Å². The number of alkyl halides is 3. The van der Waals surface area contributed by atoms with Crippen LogP contribution >= 0.6 is 0 Å². The number of anilines is 1. The molecule has 0 atom stereocenters. The molecule has 3 rings (SSSR count). The van der Waals surface area contributed by atoms with E-state index in [1.807, 2.05) is 0 Å². The van der Waals surface area contributed by atoms with Gasteiger partial charge in [0.2, 0.25) is 15.8 Å². The standard InChI is InChI=1S/C15H21F3N8O2S/c16-15(17,18)10-1-2-11(26-7-3-9(4-8-26)21-6-5-19)12(13(10)29(20,27)28)14-22-24-25-23-14/h1-2,9,21H,3-8,19H2,(H2,20,27,28)(H,22,23,24,25). The Morgan fingerprint density at radius 1 is 1.28 bits per heavy atom. The Morgan fingerprint density at radius 3 is 2.48 bits per heavy atom. The Hall–Kier alpha value is -2.29. The number of rotatable bonds is 6. The molecular formula is C15H21F3N8O2S. The largest absolute Gasteiger partial charge is 0.417 e. The third kappa shape index (κ3) is 4.66. The van der Waals surface area contributed by atoms with E-state index in [4.69, 9.17) is 10.9 Å². The van der Waals surface area contributed by atoms with Gasteiger partial charge in [0.25, 0.3) is 0 Å². The third-order valence-electron chi connectivity index (χ3n) is 4.71. The molecule has 6 N–H and O–H groups in total. The van der Waals surface area contributed by atoms with Crippen molar-refractivity contribution in [2.45, 2.75) is 30.0 Å². The molecule has 0 bridgehead atoms. The number of nitrogens with zero attached hydrogens (tertiary/aromatic N) is 4. The number of aromatic amines is 1. The van der Waals surface area contributed by atoms with Crippen LogP contribution in [0.5, 0.6) is 0 Å². The summed E-state index contributed by atoms with van der Waals surface area (Å²) in [6.07, 6.45) is -3.52. The molecule has 0 saturated carbocycles. The van der Waals surface area contributed by atoms with Gasteiger partial charge in [-0.25, -0.2) is 13.6 Å². The minimum absolute atomic E-state index is 0.218. The van der Waals surface area contributed by atoms with E-state index in [0.29, 0.717) is 39.0 Å². The van der Waals surface area contributed by atoms with E-state index in [1.165, 1.54) is 6.07 Å². The second kappa shape index (κ2) is 8.22. The van der Waals surface area contributed by atoms with Crippen LogP contribution in [-0.4, -0.2) is 61.3 Å². The predicted molar refractivity (Wildman–Crippen MR) is 98.3 cm³/mol. The van der Waals surface area contributed by atoms with Gasteiger partial charge >= 0.3 is 6.18 Å². The molecule has 1 saturated heterocycles.